The van der Waals surface area contributed by atoms with Gasteiger partial charge in [0.2, 0.25) is 0 Å². The lowest BCUT2D eigenvalue weighted by atomic mass is 9.80. The number of hydrogen-bond donors (Lipinski definition) is 3. The third kappa shape index (κ3) is 2.93. The van der Waals surface area contributed by atoms with Crippen LogP contribution >= 0.6 is 0 Å². The van der Waals surface area contributed by atoms with Crippen LogP contribution in [0.15, 0.2) is 24.3 Å². The molecule has 1 aromatic rings. The van der Waals surface area contributed by atoms with Crippen LogP contribution in [0, 0.1) is 0 Å². The maximum atomic E-state index is 10.4. The van der Waals surface area contributed by atoms with Crippen molar-refractivity contribution < 1.29 is 19.9 Å². The average Bonchev–Trinajstić information content (AvgIpc) is 2.04. The zero-order valence-electron chi connectivity index (χ0n) is 6.14. The van der Waals surface area contributed by atoms with Gasteiger partial charge in [-0.25, -0.2) is 4.79 Å². The smallest absolute Gasteiger partial charge is 0.478 e. The highest BCUT2D eigenvalue weighted by Gasteiger charge is 2.12. The van der Waals surface area contributed by atoms with E-state index in [2.05, 4.69) is 0 Å². The molecule has 1 aromatic carbocycles. The molecule has 0 radical (unpaired) electrons. The van der Waals surface area contributed by atoms with Gasteiger partial charge in [0.25, 0.3) is 0 Å². The number of carboxylic acids is 1. The molecule has 0 bridgehead atoms. The van der Waals surface area contributed by atoms with Gasteiger partial charge >= 0.3 is 13.1 Å². The summed E-state index contributed by atoms with van der Waals surface area (Å²) in [7, 11) is -1.62. The lowest BCUT2D eigenvalue weighted by Gasteiger charge is -1.99. The first-order valence-electron chi connectivity index (χ1n) is 3.30. The third-order valence-corrected chi connectivity index (χ3v) is 1.43. The van der Waals surface area contributed by atoms with Crippen LogP contribution in [-0.2, 0) is 0 Å². The van der Waals surface area contributed by atoms with Crippen molar-refractivity contribution in [2.45, 2.75) is 0 Å². The molecule has 6 heteroatoms. The van der Waals surface area contributed by atoms with Gasteiger partial charge in [-0.2, -0.15) is 0 Å². The van der Waals surface area contributed by atoms with E-state index in [4.69, 9.17) is 15.2 Å². The van der Waals surface area contributed by atoms with Gasteiger partial charge in [0, 0.05) is 0 Å². The molecule has 0 aliphatic rings. The SMILES string of the molecule is B.O=C(O)c1cccc(B(O)O)c1. The van der Waals surface area contributed by atoms with Gasteiger partial charge in [-0.3, -0.25) is 0 Å². The first-order chi connectivity index (χ1) is 5.61. The molecule has 3 N–H and O–H groups in total. The number of rotatable bonds is 2. The van der Waals surface area contributed by atoms with E-state index >= 15 is 0 Å². The molecule has 0 atom stereocenters. The Morgan fingerprint density at radius 1 is 1.31 bits per heavy atom. The Morgan fingerprint density at radius 3 is 2.38 bits per heavy atom. The van der Waals surface area contributed by atoms with Crippen molar-refractivity contribution in [1.29, 1.82) is 0 Å². The molecule has 0 amide bonds. The molecule has 0 unspecified atom stereocenters. The summed E-state index contributed by atoms with van der Waals surface area (Å²) in [5.74, 6) is -1.09. The van der Waals surface area contributed by atoms with Crippen LogP contribution in [0.4, 0.5) is 0 Å². The molecule has 0 saturated heterocycles. The lowest BCUT2D eigenvalue weighted by molar-refractivity contribution is 0.0697. The molecule has 0 aliphatic carbocycles. The molecule has 13 heavy (non-hydrogen) atoms. The van der Waals surface area contributed by atoms with Crippen molar-refractivity contribution in [3.8, 4) is 0 Å². The minimum atomic E-state index is -1.62. The van der Waals surface area contributed by atoms with Crippen molar-refractivity contribution in [1.82, 2.24) is 0 Å². The van der Waals surface area contributed by atoms with E-state index in [1.165, 1.54) is 24.3 Å². The minimum Gasteiger partial charge on any atom is -0.478 e. The fourth-order valence-corrected chi connectivity index (χ4v) is 0.832. The highest BCUT2D eigenvalue weighted by Crippen LogP contribution is 1.96. The third-order valence-electron chi connectivity index (χ3n) is 1.43. The predicted molar refractivity (Wildman–Crippen MR) is 53.2 cm³/mol. The fraction of sp³-hybridized carbons (Fsp3) is 0. The maximum absolute atomic E-state index is 10.4. The molecule has 0 saturated carbocycles. The number of hydrogen-bond acceptors (Lipinski definition) is 3. The van der Waals surface area contributed by atoms with Crippen molar-refractivity contribution in [2.24, 2.45) is 0 Å². The zero-order valence-corrected chi connectivity index (χ0v) is 6.14. The van der Waals surface area contributed by atoms with E-state index in [-0.39, 0.29) is 19.4 Å². The Hall–Kier alpha value is -1.26. The molecule has 68 valence electrons. The quantitative estimate of drug-likeness (QED) is 0.454. The van der Waals surface area contributed by atoms with E-state index in [9.17, 15) is 4.79 Å². The van der Waals surface area contributed by atoms with Crippen molar-refractivity contribution in [3.63, 3.8) is 0 Å². The summed E-state index contributed by atoms with van der Waals surface area (Å²) in [6, 6.07) is 5.50. The van der Waals surface area contributed by atoms with E-state index < -0.39 is 13.1 Å². The number of carbonyl (C=O) groups is 1. The van der Waals surface area contributed by atoms with E-state index in [0.717, 1.165) is 0 Å². The number of carboxylic acid groups (broad SMARTS) is 1. The Balaban J connectivity index is 0.00000144. The minimum absolute atomic E-state index is 0. The second-order valence-corrected chi connectivity index (χ2v) is 2.30. The van der Waals surface area contributed by atoms with Crippen LogP contribution in [0.25, 0.3) is 0 Å². The standard InChI is InChI=1S/C7H7BO4.BH3/c9-7(10)5-2-1-3-6(4-5)8(11)12;/h1-4,11-12H,(H,9,10);1H3. The maximum Gasteiger partial charge on any atom is 0.488 e. The van der Waals surface area contributed by atoms with Gasteiger partial charge in [-0.15, -0.1) is 0 Å². The van der Waals surface area contributed by atoms with Crippen LogP contribution in [0.1, 0.15) is 10.4 Å². The molecule has 0 heterocycles. The lowest BCUT2D eigenvalue weighted by Crippen LogP contribution is -2.30. The summed E-state index contributed by atoms with van der Waals surface area (Å²) in [5.41, 5.74) is 0.218. The Morgan fingerprint density at radius 2 is 1.92 bits per heavy atom. The second-order valence-electron chi connectivity index (χ2n) is 2.30. The largest absolute Gasteiger partial charge is 0.488 e. The molecule has 0 aromatic heterocycles. The summed E-state index contributed by atoms with van der Waals surface area (Å²) in [5, 5.41) is 25.9. The Labute approximate surface area is 77.6 Å². The molecule has 1 rings (SSSR count). The molecule has 0 aliphatic heterocycles. The normalized spacial score (nSPS) is 8.77. The summed E-state index contributed by atoms with van der Waals surface area (Å²) >= 11 is 0. The number of aromatic carboxylic acids is 1. The Kier molecular flexibility index (Phi) is 4.23. The predicted octanol–water partition coefficient (Wildman–Crippen LogP) is -2.12. The van der Waals surface area contributed by atoms with Gasteiger partial charge in [0.05, 0.1) is 14.0 Å². The van der Waals surface area contributed by atoms with E-state index in [1.54, 1.807) is 0 Å². The fourth-order valence-electron chi connectivity index (χ4n) is 0.832. The summed E-state index contributed by atoms with van der Waals surface area (Å²) < 4.78 is 0. The monoisotopic (exact) mass is 180 g/mol. The Bertz CT molecular complexity index is 300. The van der Waals surface area contributed by atoms with Crippen LogP contribution in [0.2, 0.25) is 0 Å². The van der Waals surface area contributed by atoms with Gasteiger partial charge in [-0.1, -0.05) is 12.1 Å². The molecule has 4 nitrogen and oxygen atoms in total. The summed E-state index contributed by atoms with van der Waals surface area (Å²) in [4.78, 5) is 10.4. The van der Waals surface area contributed by atoms with Crippen LogP contribution in [0.5, 0.6) is 0 Å². The first-order valence-corrected chi connectivity index (χ1v) is 3.30. The summed E-state index contributed by atoms with van der Waals surface area (Å²) in [6.07, 6.45) is 0. The zero-order chi connectivity index (χ0) is 9.14. The molecular formula is C7H10B2O4. The van der Waals surface area contributed by atoms with E-state index in [0.29, 0.717) is 0 Å². The van der Waals surface area contributed by atoms with Gasteiger partial charge < -0.3 is 15.2 Å². The second kappa shape index (κ2) is 4.69. The topological polar surface area (TPSA) is 77.8 Å². The van der Waals surface area contributed by atoms with Crippen molar-refractivity contribution in [3.05, 3.63) is 29.8 Å². The molecule has 0 spiro atoms. The van der Waals surface area contributed by atoms with Crippen molar-refractivity contribution >= 4 is 27.0 Å². The highest BCUT2D eigenvalue weighted by atomic mass is 16.4. The van der Waals surface area contributed by atoms with Crippen LogP contribution < -0.4 is 5.46 Å². The first kappa shape index (κ1) is 11.7. The average molecular weight is 180 g/mol. The van der Waals surface area contributed by atoms with Crippen LogP contribution in [-0.4, -0.2) is 36.7 Å². The van der Waals surface area contributed by atoms with E-state index in [1.807, 2.05) is 0 Å². The molecule has 0 fully saturated rings. The summed E-state index contributed by atoms with van der Waals surface area (Å²) in [6.45, 7) is 0. The molecular weight excluding hydrogens is 170 g/mol. The van der Waals surface area contributed by atoms with Gasteiger partial charge in [0.15, 0.2) is 0 Å². The highest BCUT2D eigenvalue weighted by molar-refractivity contribution is 6.58. The van der Waals surface area contributed by atoms with Crippen LogP contribution in [0.3, 0.4) is 0 Å². The number of benzene rings is 1. The van der Waals surface area contributed by atoms with Crippen molar-refractivity contribution in [2.75, 3.05) is 0 Å². The van der Waals surface area contributed by atoms with Gasteiger partial charge in [0.1, 0.15) is 0 Å². The van der Waals surface area contributed by atoms with Gasteiger partial charge in [-0.05, 0) is 17.6 Å².